The monoisotopic (exact) mass is 281 g/mol. The molecule has 0 radical (unpaired) electrons. The average molecular weight is 281 g/mol. The van der Waals surface area contributed by atoms with E-state index in [-0.39, 0.29) is 0 Å². The molecule has 0 atom stereocenters. The Labute approximate surface area is 114 Å². The van der Waals surface area contributed by atoms with Crippen LogP contribution < -0.4 is 5.32 Å². The van der Waals surface area contributed by atoms with Crippen LogP contribution in [0.3, 0.4) is 0 Å². The van der Waals surface area contributed by atoms with Gasteiger partial charge in [-0.05, 0) is 13.8 Å². The Morgan fingerprint density at radius 2 is 2.37 bits per heavy atom. The van der Waals surface area contributed by atoms with Gasteiger partial charge in [0.1, 0.15) is 6.33 Å². The highest BCUT2D eigenvalue weighted by Crippen LogP contribution is 2.22. The number of rotatable bonds is 5. The molecule has 8 heteroatoms. The Morgan fingerprint density at radius 3 is 3.05 bits per heavy atom. The lowest BCUT2D eigenvalue weighted by molar-refractivity contribution is 0.0594. The minimum absolute atomic E-state index is 0.354. The average Bonchev–Trinajstić information content (AvgIpc) is 3.01. The molecule has 102 valence electrons. The van der Waals surface area contributed by atoms with E-state index < -0.39 is 5.97 Å². The van der Waals surface area contributed by atoms with Gasteiger partial charge in [-0.25, -0.2) is 9.78 Å². The second-order valence-corrected chi connectivity index (χ2v) is 5.01. The predicted molar refractivity (Wildman–Crippen MR) is 71.2 cm³/mol. The van der Waals surface area contributed by atoms with Crippen LogP contribution in [-0.2, 0) is 17.8 Å². The second kappa shape index (κ2) is 5.79. The van der Waals surface area contributed by atoms with Crippen LogP contribution in [0, 0.1) is 6.92 Å². The first kappa shape index (κ1) is 13.5. The van der Waals surface area contributed by atoms with Gasteiger partial charge in [0.05, 0.1) is 13.7 Å². The fraction of sp³-hybridized carbons (Fsp3) is 0.455. The fourth-order valence-corrected chi connectivity index (χ4v) is 2.39. The standard InChI is InChI=1S/C11H15N5O2S/c1-4-16-6-13-15-8(16)5-12-11-14-9(7(2)19-11)10(17)18-3/h6H,4-5H2,1-3H3,(H,12,14). The van der Waals surface area contributed by atoms with E-state index in [0.29, 0.717) is 17.4 Å². The summed E-state index contributed by atoms with van der Waals surface area (Å²) in [5, 5.41) is 11.7. The summed E-state index contributed by atoms with van der Waals surface area (Å²) in [5.74, 6) is 0.411. The van der Waals surface area contributed by atoms with Crippen LogP contribution in [0.25, 0.3) is 0 Å². The zero-order valence-corrected chi connectivity index (χ0v) is 11.8. The first-order valence-corrected chi connectivity index (χ1v) is 6.63. The van der Waals surface area contributed by atoms with Gasteiger partial charge < -0.3 is 14.6 Å². The van der Waals surface area contributed by atoms with Crippen molar-refractivity contribution in [3.8, 4) is 0 Å². The number of hydrogen-bond donors (Lipinski definition) is 1. The van der Waals surface area contributed by atoms with Crippen LogP contribution in [-0.4, -0.2) is 32.8 Å². The summed E-state index contributed by atoms with van der Waals surface area (Å²) in [7, 11) is 1.35. The number of methoxy groups -OCH3 is 1. The number of aryl methyl sites for hydroxylation is 2. The minimum Gasteiger partial charge on any atom is -0.464 e. The van der Waals surface area contributed by atoms with E-state index in [1.165, 1.54) is 18.4 Å². The van der Waals surface area contributed by atoms with Crippen molar-refractivity contribution in [1.82, 2.24) is 19.7 Å². The lowest BCUT2D eigenvalue weighted by Crippen LogP contribution is -2.08. The van der Waals surface area contributed by atoms with E-state index in [4.69, 9.17) is 0 Å². The fourth-order valence-electron chi connectivity index (χ4n) is 1.59. The number of carbonyl (C=O) groups is 1. The van der Waals surface area contributed by atoms with Gasteiger partial charge in [0.15, 0.2) is 16.6 Å². The third kappa shape index (κ3) is 2.90. The maximum absolute atomic E-state index is 11.4. The Kier molecular flexibility index (Phi) is 4.10. The molecule has 0 aliphatic carbocycles. The molecule has 2 rings (SSSR count). The van der Waals surface area contributed by atoms with Gasteiger partial charge >= 0.3 is 5.97 Å². The van der Waals surface area contributed by atoms with E-state index in [2.05, 4.69) is 25.2 Å². The summed E-state index contributed by atoms with van der Waals surface area (Å²) in [6.45, 7) is 5.19. The van der Waals surface area contributed by atoms with Crippen LogP contribution in [0.4, 0.5) is 5.13 Å². The third-order valence-electron chi connectivity index (χ3n) is 2.61. The molecule has 0 saturated heterocycles. The van der Waals surface area contributed by atoms with E-state index in [1.807, 2.05) is 18.4 Å². The maximum atomic E-state index is 11.4. The number of carbonyl (C=O) groups excluding carboxylic acids is 1. The van der Waals surface area contributed by atoms with Gasteiger partial charge in [-0.3, -0.25) is 0 Å². The predicted octanol–water partition coefficient (Wildman–Crippen LogP) is 1.46. The SMILES string of the molecule is CCn1cnnc1CNc1nc(C(=O)OC)c(C)s1. The lowest BCUT2D eigenvalue weighted by Gasteiger charge is -2.03. The number of ether oxygens (including phenoxy) is 1. The molecule has 0 saturated carbocycles. The Morgan fingerprint density at radius 1 is 1.58 bits per heavy atom. The largest absolute Gasteiger partial charge is 0.464 e. The maximum Gasteiger partial charge on any atom is 0.357 e. The van der Waals surface area contributed by atoms with Gasteiger partial charge in [-0.15, -0.1) is 21.5 Å². The Bertz CT molecular complexity index is 577. The van der Waals surface area contributed by atoms with E-state index >= 15 is 0 Å². The molecule has 7 nitrogen and oxygen atoms in total. The second-order valence-electron chi connectivity index (χ2n) is 3.80. The molecule has 2 aromatic rings. The van der Waals surface area contributed by atoms with Crippen LogP contribution in [0.5, 0.6) is 0 Å². The number of esters is 1. The normalized spacial score (nSPS) is 10.5. The van der Waals surface area contributed by atoms with Crippen LogP contribution in [0.1, 0.15) is 28.1 Å². The summed E-state index contributed by atoms with van der Waals surface area (Å²) in [4.78, 5) is 16.5. The summed E-state index contributed by atoms with van der Waals surface area (Å²) >= 11 is 1.41. The summed E-state index contributed by atoms with van der Waals surface area (Å²) in [6, 6.07) is 0. The van der Waals surface area contributed by atoms with Crippen LogP contribution in [0.2, 0.25) is 0 Å². The Balaban J connectivity index is 2.06. The molecule has 0 unspecified atom stereocenters. The first-order valence-electron chi connectivity index (χ1n) is 5.82. The molecule has 0 aliphatic heterocycles. The highest BCUT2D eigenvalue weighted by molar-refractivity contribution is 7.15. The molecule has 0 bridgehead atoms. The highest BCUT2D eigenvalue weighted by Gasteiger charge is 2.15. The smallest absolute Gasteiger partial charge is 0.357 e. The van der Waals surface area contributed by atoms with Crippen molar-refractivity contribution in [2.45, 2.75) is 26.9 Å². The molecule has 0 aliphatic rings. The molecule has 19 heavy (non-hydrogen) atoms. The Hall–Kier alpha value is -1.96. The number of nitrogens with zero attached hydrogens (tertiary/aromatic N) is 4. The van der Waals surface area contributed by atoms with E-state index in [1.54, 1.807) is 6.33 Å². The molecule has 2 heterocycles. The van der Waals surface area contributed by atoms with Crippen molar-refractivity contribution in [3.05, 3.63) is 22.7 Å². The molecular weight excluding hydrogens is 266 g/mol. The third-order valence-corrected chi connectivity index (χ3v) is 3.54. The molecule has 0 spiro atoms. The highest BCUT2D eigenvalue weighted by atomic mass is 32.1. The molecular formula is C11H15N5O2S. The van der Waals surface area contributed by atoms with Crippen molar-refractivity contribution in [2.24, 2.45) is 0 Å². The summed E-state index contributed by atoms with van der Waals surface area (Å²) in [5.41, 5.74) is 0.354. The molecule has 0 amide bonds. The number of nitrogens with one attached hydrogen (secondary N) is 1. The van der Waals surface area contributed by atoms with Crippen molar-refractivity contribution in [2.75, 3.05) is 12.4 Å². The summed E-state index contributed by atoms with van der Waals surface area (Å²) in [6.07, 6.45) is 1.68. The van der Waals surface area contributed by atoms with Gasteiger partial charge in [0.25, 0.3) is 0 Å². The number of hydrogen-bond acceptors (Lipinski definition) is 7. The van der Waals surface area contributed by atoms with Crippen LogP contribution >= 0.6 is 11.3 Å². The zero-order valence-electron chi connectivity index (χ0n) is 11.0. The van der Waals surface area contributed by atoms with Crippen molar-refractivity contribution < 1.29 is 9.53 Å². The topological polar surface area (TPSA) is 81.9 Å². The first-order chi connectivity index (χ1) is 9.15. The molecule has 2 aromatic heterocycles. The molecule has 0 fully saturated rings. The van der Waals surface area contributed by atoms with Crippen molar-refractivity contribution >= 4 is 22.4 Å². The zero-order chi connectivity index (χ0) is 13.8. The molecule has 1 N–H and O–H groups in total. The van der Waals surface area contributed by atoms with E-state index in [0.717, 1.165) is 17.2 Å². The van der Waals surface area contributed by atoms with Gasteiger partial charge in [0.2, 0.25) is 0 Å². The number of aromatic nitrogens is 4. The van der Waals surface area contributed by atoms with Gasteiger partial charge in [0, 0.05) is 11.4 Å². The van der Waals surface area contributed by atoms with Crippen molar-refractivity contribution in [3.63, 3.8) is 0 Å². The van der Waals surface area contributed by atoms with Crippen molar-refractivity contribution in [1.29, 1.82) is 0 Å². The lowest BCUT2D eigenvalue weighted by atomic mass is 10.4. The number of thiazole rings is 1. The molecule has 0 aromatic carbocycles. The minimum atomic E-state index is -0.418. The van der Waals surface area contributed by atoms with Gasteiger partial charge in [-0.1, -0.05) is 0 Å². The van der Waals surface area contributed by atoms with Gasteiger partial charge in [-0.2, -0.15) is 0 Å². The quantitative estimate of drug-likeness (QED) is 0.836. The van der Waals surface area contributed by atoms with Crippen LogP contribution in [0.15, 0.2) is 6.33 Å². The van der Waals surface area contributed by atoms with E-state index in [9.17, 15) is 4.79 Å². The summed E-state index contributed by atoms with van der Waals surface area (Å²) < 4.78 is 6.61. The number of anilines is 1.